The number of pyridine rings is 2. The lowest BCUT2D eigenvalue weighted by Crippen LogP contribution is -3.00. The number of hydrogen-bond donors (Lipinski definition) is 2. The normalized spacial score (nSPS) is 8.79. The van der Waals surface area contributed by atoms with Crippen LogP contribution in [0.4, 0.5) is 0 Å². The minimum absolute atomic E-state index is 0. The molecule has 1 aromatic carbocycles. The van der Waals surface area contributed by atoms with E-state index < -0.39 is 7.12 Å². The molecule has 7 heteroatoms. The summed E-state index contributed by atoms with van der Waals surface area (Å²) in [5.41, 5.74) is 1.57. The molecule has 2 N–H and O–H groups in total. The summed E-state index contributed by atoms with van der Waals surface area (Å²) in [6, 6.07) is 18.9. The molecule has 0 saturated heterocycles. The van der Waals surface area contributed by atoms with Crippen LogP contribution in [0.15, 0.2) is 79.3 Å². The van der Waals surface area contributed by atoms with Crippen LogP contribution in [0.2, 0.25) is 0 Å². The highest BCUT2D eigenvalue weighted by Crippen LogP contribution is 1.93. The number of aryl methyl sites for hydroxylation is 1. The Hall–Kier alpha value is -1.54. The molecule has 0 fully saturated rings. The van der Waals surface area contributed by atoms with Crippen molar-refractivity contribution in [3.05, 3.63) is 84.8 Å². The van der Waals surface area contributed by atoms with E-state index in [4.69, 9.17) is 10.0 Å². The Labute approximate surface area is 163 Å². The highest BCUT2D eigenvalue weighted by atomic mass is 79.9. The van der Waals surface area contributed by atoms with Crippen LogP contribution in [-0.2, 0) is 0 Å². The summed E-state index contributed by atoms with van der Waals surface area (Å²) < 4.78 is 1.97. The van der Waals surface area contributed by atoms with E-state index >= 15 is 0 Å². The van der Waals surface area contributed by atoms with Gasteiger partial charge in [0.05, 0.1) is 12.4 Å². The molecule has 0 amide bonds. The molecule has 0 unspecified atom stereocenters. The van der Waals surface area contributed by atoms with Crippen LogP contribution in [0.5, 0.6) is 0 Å². The van der Waals surface area contributed by atoms with E-state index in [-0.39, 0.29) is 34.0 Å². The van der Waals surface area contributed by atoms with Gasteiger partial charge in [0.2, 0.25) is 0 Å². The van der Waals surface area contributed by atoms with Gasteiger partial charge < -0.3 is 27.0 Å². The van der Waals surface area contributed by atoms with E-state index in [2.05, 4.69) is 4.98 Å². The van der Waals surface area contributed by atoms with Gasteiger partial charge in [0, 0.05) is 6.07 Å². The fourth-order valence-corrected chi connectivity index (χ4v) is 1.89. The first kappa shape index (κ1) is 22.5. The zero-order valence-electron chi connectivity index (χ0n) is 13.2. The first-order valence-electron chi connectivity index (χ1n) is 6.97. The molecule has 0 radical (unpaired) electrons. The third-order valence-electron chi connectivity index (χ3n) is 2.97. The Morgan fingerprint density at radius 1 is 0.917 bits per heavy atom. The molecule has 0 atom stereocenters. The molecule has 0 aliphatic rings. The molecule has 4 nitrogen and oxygen atoms in total. The lowest BCUT2D eigenvalue weighted by atomic mass is 9.80. The standard InChI is InChI=1S/C10H9N2.C7H9BO2.2BrH/c1-4-8-12(9-5-1)10-6-2-3-7-11-10;1-6-3-2-4-7(5-6)8(9)10;;/h1-9H;2-5,9-10H,1H3;2*1H/q+1;;;/p-1. The number of halogens is 2. The van der Waals surface area contributed by atoms with Gasteiger partial charge in [-0.3, -0.25) is 0 Å². The summed E-state index contributed by atoms with van der Waals surface area (Å²) in [6.45, 7) is 1.91. The van der Waals surface area contributed by atoms with Crippen molar-refractivity contribution < 1.29 is 31.6 Å². The van der Waals surface area contributed by atoms with E-state index in [1.165, 1.54) is 0 Å². The smallest absolute Gasteiger partial charge is 0.488 e. The molecule has 0 bridgehead atoms. The van der Waals surface area contributed by atoms with Crippen molar-refractivity contribution in [2.75, 3.05) is 0 Å². The highest BCUT2D eigenvalue weighted by molar-refractivity contribution is 8.93. The van der Waals surface area contributed by atoms with Gasteiger partial charge in [0.15, 0.2) is 0 Å². The Balaban J connectivity index is 0.000000413. The number of aromatic nitrogens is 2. The summed E-state index contributed by atoms with van der Waals surface area (Å²) in [6.07, 6.45) is 5.74. The molecular weight excluding hydrogens is 435 g/mol. The first-order chi connectivity index (χ1) is 10.7. The summed E-state index contributed by atoms with van der Waals surface area (Å²) in [7, 11) is -1.35. The second-order valence-electron chi connectivity index (χ2n) is 4.76. The fourth-order valence-electron chi connectivity index (χ4n) is 1.89. The van der Waals surface area contributed by atoms with Crippen LogP contribution in [0.25, 0.3) is 5.82 Å². The predicted molar refractivity (Wildman–Crippen MR) is 97.1 cm³/mol. The van der Waals surface area contributed by atoms with Gasteiger partial charge in [-0.05, 0) is 35.6 Å². The maximum atomic E-state index is 8.70. The van der Waals surface area contributed by atoms with Crippen molar-refractivity contribution in [3.8, 4) is 5.82 Å². The largest absolute Gasteiger partial charge is 1.00 e. The third kappa shape index (κ3) is 7.36. The molecule has 2 aromatic heterocycles. The van der Waals surface area contributed by atoms with E-state index in [1.807, 2.05) is 66.3 Å². The molecule has 3 rings (SSSR count). The van der Waals surface area contributed by atoms with Gasteiger partial charge in [0.1, 0.15) is 6.20 Å². The SMILES string of the molecule is Br.Cc1cccc(B(O)O)c1.[Br-].c1cc[n+](-c2ccccn2)cc1. The molecule has 2 heterocycles. The maximum absolute atomic E-state index is 8.70. The van der Waals surface area contributed by atoms with Crippen molar-refractivity contribution in [1.29, 1.82) is 0 Å². The van der Waals surface area contributed by atoms with E-state index in [0.717, 1.165) is 11.4 Å². The Morgan fingerprint density at radius 3 is 2.12 bits per heavy atom. The summed E-state index contributed by atoms with van der Waals surface area (Å²) in [4.78, 5) is 4.21. The molecule has 126 valence electrons. The second-order valence-corrected chi connectivity index (χ2v) is 4.76. The molecule has 0 aliphatic carbocycles. The van der Waals surface area contributed by atoms with Crippen LogP contribution < -0.4 is 27.0 Å². The number of rotatable bonds is 2. The van der Waals surface area contributed by atoms with Gasteiger partial charge in [0.25, 0.3) is 0 Å². The van der Waals surface area contributed by atoms with Crippen LogP contribution in [0.3, 0.4) is 0 Å². The minimum Gasteiger partial charge on any atom is -1.00 e. The van der Waals surface area contributed by atoms with Gasteiger partial charge in [-0.15, -0.1) is 17.0 Å². The molecule has 3 aromatic rings. The topological polar surface area (TPSA) is 57.2 Å². The lowest BCUT2D eigenvalue weighted by molar-refractivity contribution is -0.599. The molecular formula is C17H19BBr2N2O2. The van der Waals surface area contributed by atoms with Gasteiger partial charge in [-0.25, -0.2) is 4.57 Å². The number of nitrogens with zero attached hydrogens (tertiary/aromatic N) is 2. The van der Waals surface area contributed by atoms with Crippen LogP contribution >= 0.6 is 17.0 Å². The Bertz CT molecular complexity index is 664. The fraction of sp³-hybridized carbons (Fsp3) is 0.0588. The monoisotopic (exact) mass is 452 g/mol. The Kier molecular flexibility index (Phi) is 11.2. The molecule has 24 heavy (non-hydrogen) atoms. The highest BCUT2D eigenvalue weighted by Gasteiger charge is 2.08. The van der Waals surface area contributed by atoms with Gasteiger partial charge in [-0.2, -0.15) is 0 Å². The Morgan fingerprint density at radius 2 is 1.62 bits per heavy atom. The zero-order valence-corrected chi connectivity index (χ0v) is 16.5. The van der Waals surface area contributed by atoms with Crippen LogP contribution in [0, 0.1) is 6.92 Å². The lowest BCUT2D eigenvalue weighted by Gasteiger charge is -1.98. The minimum atomic E-state index is -1.35. The van der Waals surface area contributed by atoms with E-state index in [0.29, 0.717) is 5.46 Å². The van der Waals surface area contributed by atoms with E-state index in [1.54, 1.807) is 24.4 Å². The summed E-state index contributed by atoms with van der Waals surface area (Å²) in [5.74, 6) is 0.943. The van der Waals surface area contributed by atoms with Gasteiger partial charge in [-0.1, -0.05) is 42.0 Å². The van der Waals surface area contributed by atoms with Crippen molar-refractivity contribution in [3.63, 3.8) is 0 Å². The third-order valence-corrected chi connectivity index (χ3v) is 2.97. The van der Waals surface area contributed by atoms with Crippen molar-refractivity contribution in [1.82, 2.24) is 4.98 Å². The zero-order chi connectivity index (χ0) is 15.8. The van der Waals surface area contributed by atoms with E-state index in [9.17, 15) is 0 Å². The molecule has 0 spiro atoms. The molecule has 0 saturated carbocycles. The average molecular weight is 454 g/mol. The maximum Gasteiger partial charge on any atom is 0.488 e. The number of benzene rings is 1. The predicted octanol–water partition coefficient (Wildman–Crippen LogP) is -1.38. The summed E-state index contributed by atoms with van der Waals surface area (Å²) in [5, 5.41) is 17.4. The molecule has 0 aliphatic heterocycles. The van der Waals surface area contributed by atoms with Crippen molar-refractivity contribution in [2.45, 2.75) is 6.92 Å². The average Bonchev–Trinajstić information content (AvgIpc) is 2.57. The van der Waals surface area contributed by atoms with Gasteiger partial charge >= 0.3 is 12.9 Å². The van der Waals surface area contributed by atoms with Crippen LogP contribution in [-0.4, -0.2) is 22.2 Å². The first-order valence-corrected chi connectivity index (χ1v) is 6.97. The van der Waals surface area contributed by atoms with Crippen molar-refractivity contribution in [2.24, 2.45) is 0 Å². The quantitative estimate of drug-likeness (QED) is 0.371. The number of hydrogen-bond acceptors (Lipinski definition) is 3. The second kappa shape index (κ2) is 11.9. The van der Waals surface area contributed by atoms with Crippen LogP contribution in [0.1, 0.15) is 5.56 Å². The summed E-state index contributed by atoms with van der Waals surface area (Å²) >= 11 is 0. The van der Waals surface area contributed by atoms with Crippen molar-refractivity contribution >= 4 is 29.6 Å².